The molecule has 0 radical (unpaired) electrons. The maximum atomic E-state index is 13.3. The summed E-state index contributed by atoms with van der Waals surface area (Å²) >= 11 is 0. The lowest BCUT2D eigenvalue weighted by Gasteiger charge is -2.49. The van der Waals surface area contributed by atoms with Gasteiger partial charge in [-0.1, -0.05) is 20.8 Å². The van der Waals surface area contributed by atoms with E-state index in [1.165, 1.54) is 0 Å². The quantitative estimate of drug-likeness (QED) is 0.630. The fraction of sp³-hybridized carbons (Fsp3) is 1.00. The Labute approximate surface area is 109 Å². The molecule has 0 aromatic rings. The Morgan fingerprint density at radius 2 is 1.39 bits per heavy atom. The van der Waals surface area contributed by atoms with Gasteiger partial charge in [-0.3, -0.25) is 4.90 Å². The molecule has 0 bridgehead atoms. The first-order chi connectivity index (χ1) is 7.83. The molecule has 0 spiro atoms. The summed E-state index contributed by atoms with van der Waals surface area (Å²) in [6.07, 6.45) is -3.47. The second-order valence-corrected chi connectivity index (χ2v) is 7.53. The van der Waals surface area contributed by atoms with Crippen LogP contribution in [0.4, 0.5) is 13.2 Å². The van der Waals surface area contributed by atoms with Crippen molar-refractivity contribution in [3.8, 4) is 0 Å². The third-order valence-electron chi connectivity index (χ3n) is 4.09. The monoisotopic (exact) mass is 265 g/mol. The molecular weight excluding hydrogens is 239 g/mol. The summed E-state index contributed by atoms with van der Waals surface area (Å²) < 4.78 is 39.8. The Hall–Kier alpha value is -0.250. The van der Waals surface area contributed by atoms with Crippen molar-refractivity contribution in [3.63, 3.8) is 0 Å². The SMILES string of the molecule is CC(C)(C)C1CCN(C(C)(C)C)CC1C(F)(F)F. The van der Waals surface area contributed by atoms with E-state index in [0.717, 1.165) is 6.54 Å². The van der Waals surface area contributed by atoms with E-state index in [-0.39, 0.29) is 23.4 Å². The summed E-state index contributed by atoms with van der Waals surface area (Å²) in [6, 6.07) is 0. The van der Waals surface area contributed by atoms with Crippen LogP contribution in [-0.2, 0) is 0 Å². The second-order valence-electron chi connectivity index (χ2n) is 7.53. The lowest BCUT2D eigenvalue weighted by Crippen LogP contribution is -2.55. The van der Waals surface area contributed by atoms with Gasteiger partial charge in [0, 0.05) is 12.1 Å². The lowest BCUT2D eigenvalue weighted by molar-refractivity contribution is -0.217. The van der Waals surface area contributed by atoms with Gasteiger partial charge < -0.3 is 0 Å². The third kappa shape index (κ3) is 3.62. The molecule has 0 aromatic carbocycles. The largest absolute Gasteiger partial charge is 0.393 e. The van der Waals surface area contributed by atoms with Crippen LogP contribution in [0.2, 0.25) is 0 Å². The number of alkyl halides is 3. The third-order valence-corrected chi connectivity index (χ3v) is 4.09. The molecule has 1 nitrogen and oxygen atoms in total. The van der Waals surface area contributed by atoms with E-state index in [2.05, 4.69) is 0 Å². The summed E-state index contributed by atoms with van der Waals surface area (Å²) in [5.74, 6) is -1.48. The second kappa shape index (κ2) is 4.69. The molecule has 1 saturated heterocycles. The summed E-state index contributed by atoms with van der Waals surface area (Å²) in [5.41, 5.74) is -0.476. The Morgan fingerprint density at radius 3 is 1.72 bits per heavy atom. The van der Waals surface area contributed by atoms with E-state index in [4.69, 9.17) is 0 Å². The molecule has 1 aliphatic rings. The molecule has 0 aromatic heterocycles. The Morgan fingerprint density at radius 1 is 0.889 bits per heavy atom. The molecule has 0 amide bonds. The number of hydrogen-bond acceptors (Lipinski definition) is 1. The van der Waals surface area contributed by atoms with Gasteiger partial charge in [0.15, 0.2) is 0 Å². The first-order valence-corrected chi connectivity index (χ1v) is 6.65. The summed E-state index contributed by atoms with van der Waals surface area (Å²) in [5, 5.41) is 0. The van der Waals surface area contributed by atoms with Crippen LogP contribution in [0.25, 0.3) is 0 Å². The summed E-state index contributed by atoms with van der Waals surface area (Å²) in [6.45, 7) is 12.6. The first-order valence-electron chi connectivity index (χ1n) is 6.65. The molecule has 2 atom stereocenters. The van der Waals surface area contributed by atoms with Gasteiger partial charge in [0.05, 0.1) is 5.92 Å². The molecule has 4 heteroatoms. The predicted octanol–water partition coefficient (Wildman–Crippen LogP) is 4.33. The van der Waals surface area contributed by atoms with Gasteiger partial charge in [0.25, 0.3) is 0 Å². The Kier molecular flexibility index (Phi) is 4.12. The minimum absolute atomic E-state index is 0.134. The lowest BCUT2D eigenvalue weighted by atomic mass is 9.68. The fourth-order valence-corrected chi connectivity index (χ4v) is 2.93. The van der Waals surface area contributed by atoms with Crippen molar-refractivity contribution in [3.05, 3.63) is 0 Å². The highest BCUT2D eigenvalue weighted by Gasteiger charge is 2.51. The zero-order valence-electron chi connectivity index (χ0n) is 12.4. The van der Waals surface area contributed by atoms with E-state index >= 15 is 0 Å². The van der Waals surface area contributed by atoms with Crippen LogP contribution in [0, 0.1) is 17.3 Å². The van der Waals surface area contributed by atoms with Gasteiger partial charge in [-0.15, -0.1) is 0 Å². The number of rotatable bonds is 0. The molecule has 0 saturated carbocycles. The number of halogens is 3. The van der Waals surface area contributed by atoms with Gasteiger partial charge in [-0.2, -0.15) is 13.2 Å². The van der Waals surface area contributed by atoms with E-state index in [1.807, 2.05) is 46.4 Å². The normalized spacial score (nSPS) is 28.5. The van der Waals surface area contributed by atoms with Crippen molar-refractivity contribution in [1.82, 2.24) is 4.90 Å². The van der Waals surface area contributed by atoms with Crippen LogP contribution in [-0.4, -0.2) is 29.7 Å². The highest BCUT2D eigenvalue weighted by Crippen LogP contribution is 2.46. The van der Waals surface area contributed by atoms with Gasteiger partial charge >= 0.3 is 6.18 Å². The highest BCUT2D eigenvalue weighted by molar-refractivity contribution is 4.93. The number of likely N-dealkylation sites (tertiary alicyclic amines) is 1. The van der Waals surface area contributed by atoms with Crippen molar-refractivity contribution in [2.75, 3.05) is 13.1 Å². The molecule has 1 heterocycles. The van der Waals surface area contributed by atoms with Gasteiger partial charge in [0.1, 0.15) is 0 Å². The van der Waals surface area contributed by atoms with Crippen LogP contribution in [0.3, 0.4) is 0 Å². The van der Waals surface area contributed by atoms with Gasteiger partial charge in [0.2, 0.25) is 0 Å². The van der Waals surface area contributed by atoms with Crippen molar-refractivity contribution in [1.29, 1.82) is 0 Å². The molecule has 1 rings (SSSR count). The number of piperidine rings is 1. The Bertz CT molecular complexity index is 283. The Balaban J connectivity index is 2.94. The first kappa shape index (κ1) is 15.8. The highest BCUT2D eigenvalue weighted by atomic mass is 19.4. The average Bonchev–Trinajstić information content (AvgIpc) is 2.12. The zero-order chi connectivity index (χ0) is 14.4. The van der Waals surface area contributed by atoms with E-state index in [0.29, 0.717) is 6.42 Å². The standard InChI is InChI=1S/C14H26F3N/c1-12(2,3)10-7-8-18(13(4,5)6)9-11(10)14(15,16)17/h10-11H,7-9H2,1-6H3. The molecule has 2 unspecified atom stereocenters. The predicted molar refractivity (Wildman–Crippen MR) is 68.4 cm³/mol. The van der Waals surface area contributed by atoms with E-state index < -0.39 is 12.1 Å². The van der Waals surface area contributed by atoms with Gasteiger partial charge in [-0.05, 0) is 45.1 Å². The molecule has 18 heavy (non-hydrogen) atoms. The van der Waals surface area contributed by atoms with E-state index in [9.17, 15) is 13.2 Å². The maximum absolute atomic E-state index is 13.3. The van der Waals surface area contributed by atoms with Crippen LogP contribution in [0.15, 0.2) is 0 Å². The minimum atomic E-state index is -4.10. The van der Waals surface area contributed by atoms with Crippen molar-refractivity contribution >= 4 is 0 Å². The van der Waals surface area contributed by atoms with Crippen molar-refractivity contribution in [2.45, 2.75) is 59.7 Å². The fourth-order valence-electron chi connectivity index (χ4n) is 2.93. The summed E-state index contributed by atoms with van der Waals surface area (Å²) in [7, 11) is 0. The van der Waals surface area contributed by atoms with E-state index in [1.54, 1.807) is 0 Å². The zero-order valence-corrected chi connectivity index (χ0v) is 12.4. The molecule has 1 aliphatic heterocycles. The number of nitrogens with zero attached hydrogens (tertiary/aromatic N) is 1. The van der Waals surface area contributed by atoms with Crippen LogP contribution < -0.4 is 0 Å². The van der Waals surface area contributed by atoms with Crippen LogP contribution >= 0.6 is 0 Å². The van der Waals surface area contributed by atoms with Crippen molar-refractivity contribution in [2.24, 2.45) is 17.3 Å². The van der Waals surface area contributed by atoms with Crippen LogP contribution in [0.5, 0.6) is 0 Å². The summed E-state index contributed by atoms with van der Waals surface area (Å²) in [4.78, 5) is 1.97. The van der Waals surface area contributed by atoms with Crippen molar-refractivity contribution < 1.29 is 13.2 Å². The average molecular weight is 265 g/mol. The molecule has 0 aliphatic carbocycles. The maximum Gasteiger partial charge on any atom is 0.393 e. The smallest absolute Gasteiger partial charge is 0.298 e. The molecular formula is C14H26F3N. The molecule has 0 N–H and O–H groups in total. The molecule has 108 valence electrons. The minimum Gasteiger partial charge on any atom is -0.298 e. The topological polar surface area (TPSA) is 3.24 Å². The molecule has 1 fully saturated rings. The van der Waals surface area contributed by atoms with Gasteiger partial charge in [-0.25, -0.2) is 0 Å². The van der Waals surface area contributed by atoms with Crippen LogP contribution in [0.1, 0.15) is 48.0 Å². The number of hydrogen-bond donors (Lipinski definition) is 0.